The Hall–Kier alpha value is -0.570. The second-order valence-electron chi connectivity index (χ2n) is 5.53. The summed E-state index contributed by atoms with van der Waals surface area (Å²) in [6, 6.07) is 0.244. The van der Waals surface area contributed by atoms with E-state index in [2.05, 4.69) is 5.32 Å². The zero-order valence-electron chi connectivity index (χ0n) is 11.2. The van der Waals surface area contributed by atoms with Crippen molar-refractivity contribution < 1.29 is 4.79 Å². The van der Waals surface area contributed by atoms with Gasteiger partial charge >= 0.3 is 0 Å². The van der Waals surface area contributed by atoms with Gasteiger partial charge in [-0.05, 0) is 38.5 Å². The Morgan fingerprint density at radius 1 is 1.29 bits per heavy atom. The number of carbonyl (C=O) groups is 1. The first-order valence-electron chi connectivity index (χ1n) is 7.20. The SMILES string of the molecule is CC(N)CCCNC(=O)CC1CCCCCC1. The van der Waals surface area contributed by atoms with Crippen LogP contribution in [0.15, 0.2) is 0 Å². The van der Waals surface area contributed by atoms with Crippen LogP contribution in [-0.4, -0.2) is 18.5 Å². The lowest BCUT2D eigenvalue weighted by molar-refractivity contribution is -0.122. The Balaban J connectivity index is 2.07. The molecule has 1 rings (SSSR count). The van der Waals surface area contributed by atoms with Gasteiger partial charge in [-0.3, -0.25) is 4.79 Å². The summed E-state index contributed by atoms with van der Waals surface area (Å²) in [6.45, 7) is 2.79. The molecule has 0 aromatic rings. The Labute approximate surface area is 106 Å². The van der Waals surface area contributed by atoms with Gasteiger partial charge in [-0.15, -0.1) is 0 Å². The quantitative estimate of drug-likeness (QED) is 0.554. The van der Waals surface area contributed by atoms with Gasteiger partial charge in [0.1, 0.15) is 0 Å². The average molecular weight is 240 g/mol. The molecule has 1 atom stereocenters. The van der Waals surface area contributed by atoms with Crippen LogP contribution in [0.5, 0.6) is 0 Å². The summed E-state index contributed by atoms with van der Waals surface area (Å²) in [5, 5.41) is 3.01. The molecule has 0 bridgehead atoms. The smallest absolute Gasteiger partial charge is 0.220 e. The normalized spacial score (nSPS) is 19.6. The van der Waals surface area contributed by atoms with Gasteiger partial charge < -0.3 is 11.1 Å². The first-order chi connectivity index (χ1) is 8.18. The molecule has 3 N–H and O–H groups in total. The molecule has 0 aromatic heterocycles. The summed E-state index contributed by atoms with van der Waals surface area (Å²) in [5.41, 5.74) is 5.66. The maximum atomic E-state index is 11.7. The van der Waals surface area contributed by atoms with Crippen molar-refractivity contribution in [2.24, 2.45) is 11.7 Å². The highest BCUT2D eigenvalue weighted by Crippen LogP contribution is 2.25. The third kappa shape index (κ3) is 7.37. The molecule has 0 saturated heterocycles. The standard InChI is InChI=1S/C14H28N2O/c1-12(15)7-6-10-16-14(17)11-13-8-4-2-3-5-9-13/h12-13H,2-11,15H2,1H3,(H,16,17). The molecular weight excluding hydrogens is 212 g/mol. The number of nitrogens with two attached hydrogens (primary N) is 1. The summed E-state index contributed by atoms with van der Waals surface area (Å²) in [5.74, 6) is 0.868. The van der Waals surface area contributed by atoms with Crippen molar-refractivity contribution in [1.82, 2.24) is 5.32 Å². The van der Waals surface area contributed by atoms with Crippen LogP contribution in [0.4, 0.5) is 0 Å². The fourth-order valence-corrected chi connectivity index (χ4v) is 2.55. The van der Waals surface area contributed by atoms with Gasteiger partial charge in [0.05, 0.1) is 0 Å². The van der Waals surface area contributed by atoms with E-state index in [9.17, 15) is 4.79 Å². The van der Waals surface area contributed by atoms with Crippen LogP contribution >= 0.6 is 0 Å². The lowest BCUT2D eigenvalue weighted by atomic mass is 9.96. The number of carbonyl (C=O) groups excluding carboxylic acids is 1. The van der Waals surface area contributed by atoms with Gasteiger partial charge in [-0.25, -0.2) is 0 Å². The lowest BCUT2D eigenvalue weighted by Crippen LogP contribution is -2.27. The topological polar surface area (TPSA) is 55.1 Å². The summed E-state index contributed by atoms with van der Waals surface area (Å²) in [7, 11) is 0. The molecule has 3 nitrogen and oxygen atoms in total. The second-order valence-corrected chi connectivity index (χ2v) is 5.53. The Kier molecular flexibility index (Phi) is 7.25. The molecule has 17 heavy (non-hydrogen) atoms. The Morgan fingerprint density at radius 3 is 2.53 bits per heavy atom. The summed E-state index contributed by atoms with van der Waals surface area (Å²) in [6.07, 6.45) is 10.5. The van der Waals surface area contributed by atoms with E-state index >= 15 is 0 Å². The summed E-state index contributed by atoms with van der Waals surface area (Å²) >= 11 is 0. The van der Waals surface area contributed by atoms with Crippen molar-refractivity contribution in [1.29, 1.82) is 0 Å². The van der Waals surface area contributed by atoms with Crippen LogP contribution in [0.3, 0.4) is 0 Å². The maximum Gasteiger partial charge on any atom is 0.220 e. The van der Waals surface area contributed by atoms with Crippen LogP contribution in [0.1, 0.15) is 64.7 Å². The molecule has 1 aliphatic carbocycles. The van der Waals surface area contributed by atoms with Gasteiger partial charge in [0.2, 0.25) is 5.91 Å². The highest BCUT2D eigenvalue weighted by atomic mass is 16.1. The molecule has 1 aliphatic rings. The van der Waals surface area contributed by atoms with Crippen LogP contribution in [0.25, 0.3) is 0 Å². The third-order valence-corrected chi connectivity index (χ3v) is 3.61. The Morgan fingerprint density at radius 2 is 1.94 bits per heavy atom. The van der Waals surface area contributed by atoms with E-state index in [4.69, 9.17) is 5.73 Å². The predicted molar refractivity (Wildman–Crippen MR) is 71.7 cm³/mol. The average Bonchev–Trinajstić information content (AvgIpc) is 2.53. The summed E-state index contributed by atoms with van der Waals surface area (Å²) < 4.78 is 0. The largest absolute Gasteiger partial charge is 0.356 e. The molecular formula is C14H28N2O. The third-order valence-electron chi connectivity index (χ3n) is 3.61. The van der Waals surface area contributed by atoms with Gasteiger partial charge in [-0.2, -0.15) is 0 Å². The molecule has 0 spiro atoms. The minimum Gasteiger partial charge on any atom is -0.356 e. The number of hydrogen-bond acceptors (Lipinski definition) is 2. The van der Waals surface area contributed by atoms with Crippen LogP contribution in [0.2, 0.25) is 0 Å². The van der Waals surface area contributed by atoms with Crippen LogP contribution < -0.4 is 11.1 Å². The van der Waals surface area contributed by atoms with Crippen molar-refractivity contribution in [2.75, 3.05) is 6.54 Å². The highest BCUT2D eigenvalue weighted by Gasteiger charge is 2.15. The monoisotopic (exact) mass is 240 g/mol. The molecule has 3 heteroatoms. The fraction of sp³-hybridized carbons (Fsp3) is 0.929. The molecule has 0 heterocycles. The number of amides is 1. The van der Waals surface area contributed by atoms with Crippen molar-refractivity contribution in [3.05, 3.63) is 0 Å². The zero-order chi connectivity index (χ0) is 12.5. The molecule has 1 saturated carbocycles. The zero-order valence-corrected chi connectivity index (χ0v) is 11.2. The predicted octanol–water partition coefficient (Wildman–Crippen LogP) is 2.59. The van der Waals surface area contributed by atoms with E-state index < -0.39 is 0 Å². The second kappa shape index (κ2) is 8.51. The minimum absolute atomic E-state index is 0.238. The maximum absolute atomic E-state index is 11.7. The molecule has 1 unspecified atom stereocenters. The van der Waals surface area contributed by atoms with E-state index in [1.165, 1.54) is 38.5 Å². The summed E-state index contributed by atoms with van der Waals surface area (Å²) in [4.78, 5) is 11.7. The highest BCUT2D eigenvalue weighted by molar-refractivity contribution is 5.76. The first-order valence-corrected chi connectivity index (χ1v) is 7.20. The number of hydrogen-bond donors (Lipinski definition) is 2. The van der Waals surface area contributed by atoms with Crippen molar-refractivity contribution in [3.63, 3.8) is 0 Å². The minimum atomic E-state index is 0.238. The number of rotatable bonds is 6. The van der Waals surface area contributed by atoms with E-state index in [1.807, 2.05) is 6.92 Å². The van der Waals surface area contributed by atoms with E-state index in [1.54, 1.807) is 0 Å². The molecule has 0 aromatic carbocycles. The molecule has 1 fully saturated rings. The van der Waals surface area contributed by atoms with Gasteiger partial charge in [0.15, 0.2) is 0 Å². The number of nitrogens with one attached hydrogen (secondary N) is 1. The molecule has 100 valence electrons. The first kappa shape index (κ1) is 14.5. The van der Waals surface area contributed by atoms with Gasteiger partial charge in [0.25, 0.3) is 0 Å². The van der Waals surface area contributed by atoms with Crippen molar-refractivity contribution in [2.45, 2.75) is 70.8 Å². The van der Waals surface area contributed by atoms with Crippen molar-refractivity contribution in [3.8, 4) is 0 Å². The Bertz CT molecular complexity index is 208. The van der Waals surface area contributed by atoms with E-state index in [0.29, 0.717) is 5.92 Å². The van der Waals surface area contributed by atoms with Crippen LogP contribution in [-0.2, 0) is 4.79 Å². The molecule has 0 radical (unpaired) electrons. The van der Waals surface area contributed by atoms with Gasteiger partial charge in [0, 0.05) is 19.0 Å². The van der Waals surface area contributed by atoms with Crippen LogP contribution in [0, 0.1) is 5.92 Å². The van der Waals surface area contributed by atoms with E-state index in [0.717, 1.165) is 25.8 Å². The van der Waals surface area contributed by atoms with Crippen molar-refractivity contribution >= 4 is 5.91 Å². The van der Waals surface area contributed by atoms with E-state index in [-0.39, 0.29) is 11.9 Å². The fourth-order valence-electron chi connectivity index (χ4n) is 2.55. The van der Waals surface area contributed by atoms with Gasteiger partial charge in [-0.1, -0.05) is 25.7 Å². The molecule has 1 amide bonds. The molecule has 0 aliphatic heterocycles. The lowest BCUT2D eigenvalue weighted by Gasteiger charge is -2.13.